The molecule has 9 heteroatoms. The summed E-state index contributed by atoms with van der Waals surface area (Å²) >= 11 is 12.2. The quantitative estimate of drug-likeness (QED) is 0.286. The first-order valence-corrected chi connectivity index (χ1v) is 11.4. The van der Waals surface area contributed by atoms with Crippen molar-refractivity contribution in [3.63, 3.8) is 0 Å². The number of carbonyl (C=O) groups is 2. The van der Waals surface area contributed by atoms with Crippen LogP contribution in [-0.4, -0.2) is 37.1 Å². The minimum atomic E-state index is -0.919. The standard InChI is InChI=1S/C26H19Cl2NO6/c1-33-17-6-2-14(3-7-17)23-22(24(30)15-4-8-18(27)19(28)12-15)25(31)26(32)29(23)16-5-9-20-21(13-16)35-11-10-34-20/h2-9,12-13,23,30H,10-11H2,1H3/b24-22+. The fraction of sp³-hybridized carbons (Fsp3) is 0.154. The number of rotatable bonds is 4. The lowest BCUT2D eigenvalue weighted by Crippen LogP contribution is -2.29. The summed E-state index contributed by atoms with van der Waals surface area (Å²) in [5.41, 5.74) is 1.21. The Kier molecular flexibility index (Phi) is 6.05. The van der Waals surface area contributed by atoms with Crippen LogP contribution in [0.5, 0.6) is 17.2 Å². The van der Waals surface area contributed by atoms with Crippen molar-refractivity contribution in [1.82, 2.24) is 0 Å². The average Bonchev–Trinajstić information content (AvgIpc) is 3.15. The van der Waals surface area contributed by atoms with Gasteiger partial charge in [0, 0.05) is 17.3 Å². The molecule has 2 aliphatic rings. The van der Waals surface area contributed by atoms with Crippen LogP contribution >= 0.6 is 23.2 Å². The Morgan fingerprint density at radius 3 is 2.34 bits per heavy atom. The Balaban J connectivity index is 1.69. The summed E-state index contributed by atoms with van der Waals surface area (Å²) < 4.78 is 16.5. The van der Waals surface area contributed by atoms with E-state index in [1.807, 2.05) is 0 Å². The van der Waals surface area contributed by atoms with E-state index < -0.39 is 17.7 Å². The highest BCUT2D eigenvalue weighted by Gasteiger charge is 2.47. The Morgan fingerprint density at radius 2 is 1.66 bits per heavy atom. The van der Waals surface area contributed by atoms with Crippen LogP contribution in [0.3, 0.4) is 0 Å². The molecular formula is C26H19Cl2NO6. The molecule has 1 fully saturated rings. The maximum atomic E-state index is 13.3. The van der Waals surface area contributed by atoms with Crippen LogP contribution in [0, 0.1) is 0 Å². The highest BCUT2D eigenvalue weighted by molar-refractivity contribution is 6.51. The number of Topliss-reactive ketones (excluding diaryl/α,β-unsaturated/α-hetero) is 1. The second kappa shape index (κ2) is 9.17. The van der Waals surface area contributed by atoms with Gasteiger partial charge in [-0.15, -0.1) is 0 Å². The number of amides is 1. The van der Waals surface area contributed by atoms with Crippen molar-refractivity contribution in [3.8, 4) is 17.2 Å². The molecule has 7 nitrogen and oxygen atoms in total. The molecule has 0 aliphatic carbocycles. The molecule has 178 valence electrons. The summed E-state index contributed by atoms with van der Waals surface area (Å²) in [6, 6.07) is 15.5. The van der Waals surface area contributed by atoms with Gasteiger partial charge in [0.15, 0.2) is 11.5 Å². The molecule has 1 atom stereocenters. The van der Waals surface area contributed by atoms with Crippen molar-refractivity contribution in [2.45, 2.75) is 6.04 Å². The third-order valence-electron chi connectivity index (χ3n) is 5.87. The first-order chi connectivity index (χ1) is 16.9. The number of benzene rings is 3. The lowest BCUT2D eigenvalue weighted by atomic mass is 9.95. The molecule has 1 unspecified atom stereocenters. The van der Waals surface area contributed by atoms with Gasteiger partial charge in [-0.05, 0) is 48.0 Å². The summed E-state index contributed by atoms with van der Waals surface area (Å²) in [6.07, 6.45) is 0. The maximum absolute atomic E-state index is 13.3. The van der Waals surface area contributed by atoms with Gasteiger partial charge in [0.05, 0.1) is 28.8 Å². The summed E-state index contributed by atoms with van der Waals surface area (Å²) in [4.78, 5) is 28.0. The number of aliphatic hydroxyl groups is 1. The summed E-state index contributed by atoms with van der Waals surface area (Å²) in [5.74, 6) is -0.354. The monoisotopic (exact) mass is 511 g/mol. The predicted octanol–water partition coefficient (Wildman–Crippen LogP) is 5.40. The van der Waals surface area contributed by atoms with E-state index in [1.54, 1.807) is 49.6 Å². The number of ketones is 1. The predicted molar refractivity (Wildman–Crippen MR) is 132 cm³/mol. The first-order valence-electron chi connectivity index (χ1n) is 10.7. The highest BCUT2D eigenvalue weighted by atomic mass is 35.5. The number of fused-ring (bicyclic) bond motifs is 1. The summed E-state index contributed by atoms with van der Waals surface area (Å²) in [7, 11) is 1.54. The van der Waals surface area contributed by atoms with E-state index in [-0.39, 0.29) is 21.9 Å². The zero-order chi connectivity index (χ0) is 24.7. The molecule has 2 aliphatic heterocycles. The van der Waals surface area contributed by atoms with Gasteiger partial charge in [0.2, 0.25) is 0 Å². The molecule has 0 radical (unpaired) electrons. The molecular weight excluding hydrogens is 493 g/mol. The van der Waals surface area contributed by atoms with Crippen molar-refractivity contribution in [2.24, 2.45) is 0 Å². The fourth-order valence-electron chi connectivity index (χ4n) is 4.18. The van der Waals surface area contributed by atoms with Crippen LogP contribution in [0.2, 0.25) is 10.0 Å². The van der Waals surface area contributed by atoms with Gasteiger partial charge in [-0.25, -0.2) is 0 Å². The Labute approximate surface area is 211 Å². The van der Waals surface area contributed by atoms with Gasteiger partial charge in [0.25, 0.3) is 11.7 Å². The number of carbonyl (C=O) groups excluding carboxylic acids is 2. The van der Waals surface area contributed by atoms with Gasteiger partial charge in [-0.2, -0.15) is 0 Å². The topological polar surface area (TPSA) is 85.3 Å². The number of hydrogen-bond donors (Lipinski definition) is 1. The summed E-state index contributed by atoms with van der Waals surface area (Å²) in [5, 5.41) is 11.7. The number of hydrogen-bond acceptors (Lipinski definition) is 6. The van der Waals surface area contributed by atoms with E-state index in [0.717, 1.165) is 0 Å². The van der Waals surface area contributed by atoms with Crippen molar-refractivity contribution in [3.05, 3.63) is 87.4 Å². The van der Waals surface area contributed by atoms with Crippen molar-refractivity contribution in [2.75, 3.05) is 25.2 Å². The SMILES string of the molecule is COc1ccc(C2/C(=C(\O)c3ccc(Cl)c(Cl)c3)C(=O)C(=O)N2c2ccc3c(c2)OCCO3)cc1. The van der Waals surface area contributed by atoms with Gasteiger partial charge < -0.3 is 19.3 Å². The molecule has 5 rings (SSSR count). The van der Waals surface area contributed by atoms with E-state index in [1.165, 1.54) is 23.1 Å². The normalized spacial score (nSPS) is 18.6. The van der Waals surface area contributed by atoms with E-state index in [0.29, 0.717) is 46.7 Å². The number of nitrogens with zero attached hydrogens (tertiary/aromatic N) is 1. The molecule has 1 N–H and O–H groups in total. The lowest BCUT2D eigenvalue weighted by Gasteiger charge is -2.27. The van der Waals surface area contributed by atoms with Crippen molar-refractivity contribution < 1.29 is 28.9 Å². The van der Waals surface area contributed by atoms with Gasteiger partial charge in [0.1, 0.15) is 24.7 Å². The molecule has 0 bridgehead atoms. The second-order valence-electron chi connectivity index (χ2n) is 7.90. The highest BCUT2D eigenvalue weighted by Crippen LogP contribution is 2.45. The van der Waals surface area contributed by atoms with E-state index >= 15 is 0 Å². The Bertz CT molecular complexity index is 1370. The molecule has 1 saturated heterocycles. The van der Waals surface area contributed by atoms with E-state index in [4.69, 9.17) is 37.4 Å². The van der Waals surface area contributed by atoms with Gasteiger partial charge in [-0.1, -0.05) is 35.3 Å². The lowest BCUT2D eigenvalue weighted by molar-refractivity contribution is -0.132. The minimum Gasteiger partial charge on any atom is -0.507 e. The van der Waals surface area contributed by atoms with Crippen LogP contribution in [0.25, 0.3) is 5.76 Å². The van der Waals surface area contributed by atoms with Crippen LogP contribution in [-0.2, 0) is 9.59 Å². The smallest absolute Gasteiger partial charge is 0.300 e. The molecule has 2 heterocycles. The number of anilines is 1. The fourth-order valence-corrected chi connectivity index (χ4v) is 4.48. The Morgan fingerprint density at radius 1 is 0.943 bits per heavy atom. The largest absolute Gasteiger partial charge is 0.507 e. The molecule has 0 saturated carbocycles. The van der Waals surface area contributed by atoms with E-state index in [2.05, 4.69) is 0 Å². The number of aliphatic hydroxyl groups excluding tert-OH is 1. The third-order valence-corrected chi connectivity index (χ3v) is 6.61. The number of halogens is 2. The minimum absolute atomic E-state index is 0.0755. The first kappa shape index (κ1) is 23.1. The molecule has 0 aromatic heterocycles. The van der Waals surface area contributed by atoms with Crippen LogP contribution < -0.4 is 19.1 Å². The molecule has 35 heavy (non-hydrogen) atoms. The van der Waals surface area contributed by atoms with Gasteiger partial charge >= 0.3 is 0 Å². The third kappa shape index (κ3) is 4.07. The van der Waals surface area contributed by atoms with Crippen molar-refractivity contribution in [1.29, 1.82) is 0 Å². The average molecular weight is 512 g/mol. The zero-order valence-electron chi connectivity index (χ0n) is 18.5. The second-order valence-corrected chi connectivity index (χ2v) is 8.71. The van der Waals surface area contributed by atoms with Gasteiger partial charge in [-0.3, -0.25) is 14.5 Å². The summed E-state index contributed by atoms with van der Waals surface area (Å²) in [6.45, 7) is 0.793. The Hall–Kier alpha value is -3.68. The van der Waals surface area contributed by atoms with E-state index in [9.17, 15) is 14.7 Å². The number of methoxy groups -OCH3 is 1. The molecule has 1 amide bonds. The zero-order valence-corrected chi connectivity index (χ0v) is 20.0. The van der Waals surface area contributed by atoms with Crippen molar-refractivity contribution >= 4 is 46.3 Å². The van der Waals surface area contributed by atoms with Crippen LogP contribution in [0.1, 0.15) is 17.2 Å². The maximum Gasteiger partial charge on any atom is 0.300 e. The number of ether oxygens (including phenoxy) is 3. The molecule has 3 aromatic carbocycles. The van der Waals surface area contributed by atoms with Crippen LogP contribution in [0.4, 0.5) is 5.69 Å². The van der Waals surface area contributed by atoms with Crippen LogP contribution in [0.15, 0.2) is 66.2 Å². The molecule has 0 spiro atoms. The molecule has 3 aromatic rings.